The standard InChI is InChI=1S/C21H20ClFN2O7S/c1-25(2)21(28)32-18-10-17-13(9-15(18)22)12(5-6-26)14(20(27)31-17)7-11-3-4-16(23)19(8-11)33(24,29)30/h3-4,8-10,26H,5-7H2,1-2H3,(H2,24,29,30). The second-order valence-electron chi connectivity index (χ2n) is 7.35. The molecule has 12 heteroatoms. The number of sulfonamides is 1. The summed E-state index contributed by atoms with van der Waals surface area (Å²) in [5, 5.41) is 15.1. The van der Waals surface area contributed by atoms with Crippen molar-refractivity contribution in [3.63, 3.8) is 0 Å². The fourth-order valence-corrected chi connectivity index (χ4v) is 4.08. The molecular weight excluding hydrogens is 479 g/mol. The lowest BCUT2D eigenvalue weighted by molar-refractivity contribution is 0.172. The van der Waals surface area contributed by atoms with Gasteiger partial charge in [-0.25, -0.2) is 27.5 Å². The number of aliphatic hydroxyl groups excluding tert-OH is 1. The molecule has 0 radical (unpaired) electrons. The number of halogens is 2. The normalized spacial score (nSPS) is 11.6. The van der Waals surface area contributed by atoms with Crippen LogP contribution in [0.2, 0.25) is 5.02 Å². The van der Waals surface area contributed by atoms with Gasteiger partial charge in [-0.05, 0) is 35.7 Å². The highest BCUT2D eigenvalue weighted by Gasteiger charge is 2.20. The topological polar surface area (TPSA) is 140 Å². The maximum atomic E-state index is 13.9. The zero-order valence-electron chi connectivity index (χ0n) is 17.6. The Kier molecular flexibility index (Phi) is 7.08. The molecule has 1 heterocycles. The number of nitrogens with zero attached hydrogens (tertiary/aromatic N) is 1. The second-order valence-corrected chi connectivity index (χ2v) is 9.29. The first-order valence-electron chi connectivity index (χ1n) is 9.51. The number of aliphatic hydroxyl groups is 1. The van der Waals surface area contributed by atoms with Gasteiger partial charge >= 0.3 is 11.7 Å². The van der Waals surface area contributed by atoms with Crippen LogP contribution < -0.4 is 15.5 Å². The molecule has 9 nitrogen and oxygen atoms in total. The third-order valence-corrected chi connectivity index (χ3v) is 6.00. The zero-order valence-corrected chi connectivity index (χ0v) is 19.2. The Hall–Kier alpha value is -2.99. The van der Waals surface area contributed by atoms with Crippen LogP contribution in [0.4, 0.5) is 9.18 Å². The van der Waals surface area contributed by atoms with E-state index in [1.807, 2.05) is 0 Å². The third-order valence-electron chi connectivity index (χ3n) is 4.78. The molecule has 1 aromatic heterocycles. The fourth-order valence-electron chi connectivity index (χ4n) is 3.22. The van der Waals surface area contributed by atoms with Crippen molar-refractivity contribution in [3.05, 3.63) is 68.3 Å². The summed E-state index contributed by atoms with van der Waals surface area (Å²) >= 11 is 6.26. The first kappa shape index (κ1) is 24.6. The lowest BCUT2D eigenvalue weighted by Crippen LogP contribution is -2.25. The maximum absolute atomic E-state index is 13.9. The van der Waals surface area contributed by atoms with Gasteiger partial charge in [0.2, 0.25) is 10.0 Å². The minimum Gasteiger partial charge on any atom is -0.422 e. The Morgan fingerprint density at radius 2 is 1.94 bits per heavy atom. The van der Waals surface area contributed by atoms with E-state index in [9.17, 15) is 27.5 Å². The molecule has 0 spiro atoms. The van der Waals surface area contributed by atoms with Crippen molar-refractivity contribution in [2.75, 3.05) is 20.7 Å². The monoisotopic (exact) mass is 498 g/mol. The quantitative estimate of drug-likeness (QED) is 0.497. The molecule has 1 amide bonds. The molecule has 2 aromatic carbocycles. The van der Waals surface area contributed by atoms with Crippen LogP contribution in [-0.2, 0) is 22.9 Å². The SMILES string of the molecule is CN(C)C(=O)Oc1cc2oc(=O)c(Cc3ccc(F)c(S(N)(=O)=O)c3)c(CCO)c2cc1Cl. The maximum Gasteiger partial charge on any atom is 0.414 e. The summed E-state index contributed by atoms with van der Waals surface area (Å²) in [6.07, 6.45) is -0.757. The Bertz CT molecular complexity index is 1400. The van der Waals surface area contributed by atoms with Gasteiger partial charge in [0.15, 0.2) is 5.75 Å². The molecular formula is C21H20ClFN2O7S. The van der Waals surface area contributed by atoms with E-state index in [0.717, 1.165) is 12.1 Å². The first-order chi connectivity index (χ1) is 15.4. The zero-order chi connectivity index (χ0) is 24.5. The van der Waals surface area contributed by atoms with Gasteiger partial charge < -0.3 is 19.2 Å². The lowest BCUT2D eigenvalue weighted by atomic mass is 9.96. The summed E-state index contributed by atoms with van der Waals surface area (Å²) in [5.41, 5.74) is 0.117. The van der Waals surface area contributed by atoms with E-state index in [2.05, 4.69) is 0 Å². The van der Waals surface area contributed by atoms with Crippen LogP contribution in [0.15, 0.2) is 44.4 Å². The Morgan fingerprint density at radius 1 is 1.24 bits per heavy atom. The van der Waals surface area contributed by atoms with Gasteiger partial charge in [0.1, 0.15) is 16.3 Å². The lowest BCUT2D eigenvalue weighted by Gasteiger charge is -2.15. The summed E-state index contributed by atoms with van der Waals surface area (Å²) < 4.78 is 47.7. The highest BCUT2D eigenvalue weighted by molar-refractivity contribution is 7.89. The molecule has 0 saturated heterocycles. The fraction of sp³-hybridized carbons (Fsp3) is 0.238. The van der Waals surface area contributed by atoms with E-state index in [-0.39, 0.29) is 46.9 Å². The van der Waals surface area contributed by atoms with Crippen molar-refractivity contribution in [1.29, 1.82) is 0 Å². The van der Waals surface area contributed by atoms with Gasteiger partial charge in [-0.2, -0.15) is 0 Å². The molecule has 0 aliphatic rings. The van der Waals surface area contributed by atoms with Gasteiger partial charge in [-0.1, -0.05) is 17.7 Å². The molecule has 0 unspecified atom stereocenters. The van der Waals surface area contributed by atoms with E-state index in [4.69, 9.17) is 25.9 Å². The Labute approximate surface area is 193 Å². The van der Waals surface area contributed by atoms with Gasteiger partial charge in [0.25, 0.3) is 0 Å². The van der Waals surface area contributed by atoms with Crippen LogP contribution in [0.3, 0.4) is 0 Å². The number of carbonyl (C=O) groups excluding carboxylic acids is 1. The van der Waals surface area contributed by atoms with Crippen molar-refractivity contribution < 1.29 is 31.9 Å². The van der Waals surface area contributed by atoms with Crippen molar-refractivity contribution >= 4 is 38.7 Å². The molecule has 33 heavy (non-hydrogen) atoms. The van der Waals surface area contributed by atoms with Gasteiger partial charge in [0, 0.05) is 44.1 Å². The number of fused-ring (bicyclic) bond motifs is 1. The highest BCUT2D eigenvalue weighted by Crippen LogP contribution is 2.33. The number of hydrogen-bond acceptors (Lipinski definition) is 7. The van der Waals surface area contributed by atoms with Crippen molar-refractivity contribution in [1.82, 2.24) is 4.90 Å². The molecule has 176 valence electrons. The molecule has 0 aliphatic carbocycles. The van der Waals surface area contributed by atoms with Crippen LogP contribution in [0.1, 0.15) is 16.7 Å². The van der Waals surface area contributed by atoms with E-state index in [1.165, 1.54) is 37.2 Å². The average molecular weight is 499 g/mol. The van der Waals surface area contributed by atoms with Crippen LogP contribution in [0, 0.1) is 5.82 Å². The predicted molar refractivity (Wildman–Crippen MR) is 119 cm³/mol. The number of nitrogens with two attached hydrogens (primary N) is 1. The molecule has 0 bridgehead atoms. The Balaban J connectivity index is 2.15. The predicted octanol–water partition coefficient (Wildman–Crippen LogP) is 2.42. The summed E-state index contributed by atoms with van der Waals surface area (Å²) in [6.45, 7) is -0.313. The van der Waals surface area contributed by atoms with E-state index in [0.29, 0.717) is 10.9 Å². The largest absolute Gasteiger partial charge is 0.422 e. The van der Waals surface area contributed by atoms with Crippen LogP contribution in [-0.4, -0.2) is 45.2 Å². The minimum atomic E-state index is -4.32. The van der Waals surface area contributed by atoms with Crippen molar-refractivity contribution in [2.24, 2.45) is 5.14 Å². The van der Waals surface area contributed by atoms with Crippen molar-refractivity contribution in [2.45, 2.75) is 17.7 Å². The van der Waals surface area contributed by atoms with Gasteiger partial charge in [0.05, 0.1) is 5.02 Å². The Morgan fingerprint density at radius 3 is 2.55 bits per heavy atom. The number of hydrogen-bond donors (Lipinski definition) is 2. The van der Waals surface area contributed by atoms with E-state index >= 15 is 0 Å². The van der Waals surface area contributed by atoms with Gasteiger partial charge in [-0.3, -0.25) is 0 Å². The number of benzene rings is 2. The summed E-state index contributed by atoms with van der Waals surface area (Å²) in [4.78, 5) is 25.1. The number of amides is 1. The average Bonchev–Trinajstić information content (AvgIpc) is 2.72. The molecule has 0 fully saturated rings. The minimum absolute atomic E-state index is 0.0231. The number of rotatable bonds is 6. The molecule has 3 aromatic rings. The van der Waals surface area contributed by atoms with Crippen LogP contribution in [0.5, 0.6) is 5.75 Å². The summed E-state index contributed by atoms with van der Waals surface area (Å²) in [5.74, 6) is -1.04. The molecule has 0 aliphatic heterocycles. The number of ether oxygens (including phenoxy) is 1. The second kappa shape index (κ2) is 9.48. The molecule has 3 N–H and O–H groups in total. The third kappa shape index (κ3) is 5.33. The first-order valence-corrected chi connectivity index (χ1v) is 11.4. The number of carbonyl (C=O) groups is 1. The van der Waals surface area contributed by atoms with Crippen LogP contribution >= 0.6 is 11.6 Å². The van der Waals surface area contributed by atoms with E-state index < -0.39 is 32.5 Å². The van der Waals surface area contributed by atoms with Crippen LogP contribution in [0.25, 0.3) is 11.0 Å². The molecule has 3 rings (SSSR count). The summed E-state index contributed by atoms with van der Waals surface area (Å²) in [6, 6.07) is 6.02. The van der Waals surface area contributed by atoms with Crippen molar-refractivity contribution in [3.8, 4) is 5.75 Å². The highest BCUT2D eigenvalue weighted by atomic mass is 35.5. The summed E-state index contributed by atoms with van der Waals surface area (Å²) in [7, 11) is -1.35. The smallest absolute Gasteiger partial charge is 0.414 e. The number of primary sulfonamides is 1. The van der Waals surface area contributed by atoms with E-state index in [1.54, 1.807) is 0 Å². The molecule has 0 atom stereocenters. The van der Waals surface area contributed by atoms with Gasteiger partial charge in [-0.15, -0.1) is 0 Å². The molecule has 0 saturated carbocycles.